The predicted molar refractivity (Wildman–Crippen MR) is 96.8 cm³/mol. The zero-order valence-electron chi connectivity index (χ0n) is 13.6. The highest BCUT2D eigenvalue weighted by Crippen LogP contribution is 2.26. The Balaban J connectivity index is 1.91. The van der Waals surface area contributed by atoms with Gasteiger partial charge in [-0.05, 0) is 49.7 Å². The number of hydrogen-bond donors (Lipinski definition) is 2. The fraction of sp³-hybridized carbons (Fsp3) is 0.222. The first-order valence-electron chi connectivity index (χ1n) is 7.60. The van der Waals surface area contributed by atoms with Gasteiger partial charge in [0.1, 0.15) is 0 Å². The summed E-state index contributed by atoms with van der Waals surface area (Å²) in [5, 5.41) is 13.3. The maximum absolute atomic E-state index is 12.1. The number of hydrazone groups is 1. The SMILES string of the molecule is CCOc1cc(C=NNC(=O)[C@@H](C)Sc2ccccc2)ccc1O. The molecule has 0 unspecified atom stereocenters. The fourth-order valence-electron chi connectivity index (χ4n) is 1.90. The first-order chi connectivity index (χ1) is 11.6. The molecule has 0 radical (unpaired) electrons. The van der Waals surface area contributed by atoms with Gasteiger partial charge in [0.2, 0.25) is 0 Å². The molecule has 0 saturated heterocycles. The first-order valence-corrected chi connectivity index (χ1v) is 8.48. The Hall–Kier alpha value is -2.47. The summed E-state index contributed by atoms with van der Waals surface area (Å²) in [6, 6.07) is 14.6. The number of phenolic OH excluding ortho intramolecular Hbond substituents is 1. The van der Waals surface area contributed by atoms with Crippen LogP contribution < -0.4 is 10.2 Å². The Morgan fingerprint density at radius 3 is 2.79 bits per heavy atom. The molecule has 1 atom stereocenters. The molecule has 0 aliphatic rings. The van der Waals surface area contributed by atoms with Gasteiger partial charge in [0.25, 0.3) is 5.91 Å². The smallest absolute Gasteiger partial charge is 0.253 e. The summed E-state index contributed by atoms with van der Waals surface area (Å²) in [6.45, 7) is 4.13. The van der Waals surface area contributed by atoms with Crippen LogP contribution >= 0.6 is 11.8 Å². The standard InChI is InChI=1S/C18H20N2O3S/c1-3-23-17-11-14(9-10-16(17)21)12-19-20-18(22)13(2)24-15-7-5-4-6-8-15/h4-13,21H,3H2,1-2H3,(H,20,22)/t13-/m1/s1. The number of aromatic hydroxyl groups is 1. The van der Waals surface area contributed by atoms with Crippen molar-refractivity contribution in [3.63, 3.8) is 0 Å². The second kappa shape index (κ2) is 8.98. The molecule has 6 heteroatoms. The van der Waals surface area contributed by atoms with E-state index < -0.39 is 0 Å². The quantitative estimate of drug-likeness (QED) is 0.459. The molecule has 0 spiro atoms. The van der Waals surface area contributed by atoms with Gasteiger partial charge in [-0.15, -0.1) is 11.8 Å². The van der Waals surface area contributed by atoms with Crippen LogP contribution in [0.4, 0.5) is 0 Å². The Morgan fingerprint density at radius 2 is 2.08 bits per heavy atom. The van der Waals surface area contributed by atoms with Crippen molar-refractivity contribution in [1.82, 2.24) is 5.43 Å². The number of thioether (sulfide) groups is 1. The van der Waals surface area contributed by atoms with Gasteiger partial charge in [0.05, 0.1) is 18.1 Å². The maximum Gasteiger partial charge on any atom is 0.253 e. The molecular formula is C18H20N2O3S. The van der Waals surface area contributed by atoms with Gasteiger partial charge >= 0.3 is 0 Å². The third-order valence-electron chi connectivity index (χ3n) is 3.10. The van der Waals surface area contributed by atoms with Crippen molar-refractivity contribution in [3.8, 4) is 11.5 Å². The van der Waals surface area contributed by atoms with E-state index in [9.17, 15) is 9.90 Å². The lowest BCUT2D eigenvalue weighted by molar-refractivity contribution is -0.120. The average Bonchev–Trinajstić information content (AvgIpc) is 2.58. The minimum atomic E-state index is -0.261. The third-order valence-corrected chi connectivity index (χ3v) is 4.21. The van der Waals surface area contributed by atoms with Crippen molar-refractivity contribution in [3.05, 3.63) is 54.1 Å². The molecule has 0 aliphatic carbocycles. The number of nitrogens with one attached hydrogen (secondary N) is 1. The van der Waals surface area contributed by atoms with Gasteiger partial charge in [-0.2, -0.15) is 5.10 Å². The van der Waals surface area contributed by atoms with E-state index in [2.05, 4.69) is 10.5 Å². The lowest BCUT2D eigenvalue weighted by atomic mass is 10.2. The molecular weight excluding hydrogens is 324 g/mol. The number of amides is 1. The van der Waals surface area contributed by atoms with Gasteiger partial charge in [-0.1, -0.05) is 18.2 Å². The monoisotopic (exact) mass is 344 g/mol. The van der Waals surface area contributed by atoms with Crippen molar-refractivity contribution in [2.24, 2.45) is 5.10 Å². The lowest BCUT2D eigenvalue weighted by Gasteiger charge is -2.09. The van der Waals surface area contributed by atoms with Gasteiger partial charge in [-0.25, -0.2) is 5.43 Å². The number of carbonyl (C=O) groups excluding carboxylic acids is 1. The molecule has 0 saturated carbocycles. The zero-order chi connectivity index (χ0) is 17.4. The van der Waals surface area contributed by atoms with E-state index in [1.807, 2.05) is 44.2 Å². The molecule has 0 aliphatic heterocycles. The van der Waals surface area contributed by atoms with Gasteiger partial charge in [0.15, 0.2) is 11.5 Å². The van der Waals surface area contributed by atoms with E-state index in [0.29, 0.717) is 12.4 Å². The van der Waals surface area contributed by atoms with Crippen molar-refractivity contribution in [2.45, 2.75) is 24.0 Å². The maximum atomic E-state index is 12.1. The number of rotatable bonds is 7. The van der Waals surface area contributed by atoms with Crippen LogP contribution in [0.5, 0.6) is 11.5 Å². The first kappa shape index (κ1) is 17.9. The highest BCUT2D eigenvalue weighted by atomic mass is 32.2. The Kier molecular flexibility index (Phi) is 6.69. The highest BCUT2D eigenvalue weighted by Gasteiger charge is 2.13. The molecule has 2 rings (SSSR count). The molecule has 0 fully saturated rings. The minimum Gasteiger partial charge on any atom is -0.504 e. The topological polar surface area (TPSA) is 70.9 Å². The largest absolute Gasteiger partial charge is 0.504 e. The van der Waals surface area contributed by atoms with Crippen molar-refractivity contribution < 1.29 is 14.6 Å². The normalized spacial score (nSPS) is 12.1. The van der Waals surface area contributed by atoms with Gasteiger partial charge in [0, 0.05) is 4.90 Å². The zero-order valence-corrected chi connectivity index (χ0v) is 14.4. The number of carbonyl (C=O) groups is 1. The summed E-state index contributed by atoms with van der Waals surface area (Å²) in [4.78, 5) is 13.1. The second-order valence-corrected chi connectivity index (χ2v) is 6.38. The molecule has 0 aromatic heterocycles. The predicted octanol–water partition coefficient (Wildman–Crippen LogP) is 3.42. The van der Waals surface area contributed by atoms with Crippen LogP contribution in [0.2, 0.25) is 0 Å². The van der Waals surface area contributed by atoms with E-state index in [1.165, 1.54) is 24.0 Å². The number of benzene rings is 2. The van der Waals surface area contributed by atoms with Crippen LogP contribution in [0.25, 0.3) is 0 Å². The Bertz CT molecular complexity index is 705. The van der Waals surface area contributed by atoms with E-state index in [-0.39, 0.29) is 16.9 Å². The second-order valence-electron chi connectivity index (χ2n) is 4.97. The van der Waals surface area contributed by atoms with Gasteiger partial charge in [-0.3, -0.25) is 4.79 Å². The minimum absolute atomic E-state index is 0.0749. The summed E-state index contributed by atoms with van der Waals surface area (Å²) >= 11 is 1.47. The lowest BCUT2D eigenvalue weighted by Crippen LogP contribution is -2.26. The highest BCUT2D eigenvalue weighted by molar-refractivity contribution is 8.00. The summed E-state index contributed by atoms with van der Waals surface area (Å²) in [6.07, 6.45) is 1.51. The number of nitrogens with zero attached hydrogens (tertiary/aromatic N) is 1. The van der Waals surface area contributed by atoms with Crippen LogP contribution in [0.1, 0.15) is 19.4 Å². The van der Waals surface area contributed by atoms with E-state index >= 15 is 0 Å². The van der Waals surface area contributed by atoms with Crippen LogP contribution in [0.15, 0.2) is 58.5 Å². The van der Waals surface area contributed by atoms with E-state index in [0.717, 1.165) is 10.5 Å². The van der Waals surface area contributed by atoms with E-state index in [4.69, 9.17) is 4.74 Å². The number of hydrogen-bond acceptors (Lipinski definition) is 5. The van der Waals surface area contributed by atoms with E-state index in [1.54, 1.807) is 12.1 Å². The summed E-state index contributed by atoms with van der Waals surface area (Å²) in [5.74, 6) is 0.288. The molecule has 1 amide bonds. The molecule has 0 heterocycles. The number of phenols is 1. The number of ether oxygens (including phenoxy) is 1. The van der Waals surface area contributed by atoms with Crippen LogP contribution in [-0.2, 0) is 4.79 Å². The van der Waals surface area contributed by atoms with Crippen LogP contribution in [-0.4, -0.2) is 29.1 Å². The molecule has 2 aromatic carbocycles. The third kappa shape index (κ3) is 5.31. The molecule has 24 heavy (non-hydrogen) atoms. The molecule has 0 bridgehead atoms. The fourth-order valence-corrected chi connectivity index (χ4v) is 2.78. The summed E-state index contributed by atoms with van der Waals surface area (Å²) in [7, 11) is 0. The van der Waals surface area contributed by atoms with Crippen molar-refractivity contribution in [1.29, 1.82) is 0 Å². The molecule has 2 N–H and O–H groups in total. The molecule has 5 nitrogen and oxygen atoms in total. The van der Waals surface area contributed by atoms with Gasteiger partial charge < -0.3 is 9.84 Å². The average molecular weight is 344 g/mol. The van der Waals surface area contributed by atoms with Crippen molar-refractivity contribution >= 4 is 23.9 Å². The van der Waals surface area contributed by atoms with Crippen molar-refractivity contribution in [2.75, 3.05) is 6.61 Å². The Labute approximate surface area is 145 Å². The summed E-state index contributed by atoms with van der Waals surface area (Å²) in [5.41, 5.74) is 3.25. The van der Waals surface area contributed by atoms with Crippen LogP contribution in [0, 0.1) is 0 Å². The summed E-state index contributed by atoms with van der Waals surface area (Å²) < 4.78 is 5.31. The molecule has 126 valence electrons. The van der Waals surface area contributed by atoms with Crippen LogP contribution in [0.3, 0.4) is 0 Å². The molecule has 2 aromatic rings. The Morgan fingerprint density at radius 1 is 1.33 bits per heavy atom.